The van der Waals surface area contributed by atoms with Gasteiger partial charge in [-0.3, -0.25) is 4.79 Å². The van der Waals surface area contributed by atoms with Gasteiger partial charge in [-0.15, -0.1) is 0 Å². The van der Waals surface area contributed by atoms with Gasteiger partial charge in [0.15, 0.2) is 5.82 Å². The van der Waals surface area contributed by atoms with E-state index in [1.54, 1.807) is 11.1 Å². The van der Waals surface area contributed by atoms with Crippen LogP contribution in [-0.2, 0) is 29.1 Å². The molecule has 0 unspecified atom stereocenters. The van der Waals surface area contributed by atoms with E-state index in [2.05, 4.69) is 15.1 Å². The first-order valence-electron chi connectivity index (χ1n) is 7.50. The number of carbonyl (C=O) groups is 1. The number of pyridine rings is 1. The lowest BCUT2D eigenvalue weighted by atomic mass is 10.2. The van der Waals surface area contributed by atoms with Crippen LogP contribution in [0.15, 0.2) is 22.9 Å². The smallest absolute Gasteiger partial charge is 0.252 e. The number of amides is 1. The number of rotatable bonds is 5. The predicted octanol–water partition coefficient (Wildman–Crippen LogP) is 0.965. The van der Waals surface area contributed by atoms with E-state index in [4.69, 9.17) is 14.0 Å². The normalized spacial score (nSPS) is 14.0. The third-order valence-electron chi connectivity index (χ3n) is 3.44. The lowest BCUT2D eigenvalue weighted by molar-refractivity contribution is -0.137. The van der Waals surface area contributed by atoms with E-state index in [-0.39, 0.29) is 19.1 Å². The summed E-state index contributed by atoms with van der Waals surface area (Å²) in [5.41, 5.74) is 0.892. The molecule has 0 radical (unpaired) electrons. The van der Waals surface area contributed by atoms with Crippen molar-refractivity contribution >= 4 is 5.91 Å². The van der Waals surface area contributed by atoms with Gasteiger partial charge in [0.25, 0.3) is 5.89 Å². The van der Waals surface area contributed by atoms with Crippen molar-refractivity contribution in [1.29, 1.82) is 0 Å². The van der Waals surface area contributed by atoms with Crippen LogP contribution < -0.4 is 4.74 Å². The summed E-state index contributed by atoms with van der Waals surface area (Å²) < 4.78 is 15.9. The fourth-order valence-electron chi connectivity index (χ4n) is 2.23. The molecule has 0 aliphatic carbocycles. The first-order chi connectivity index (χ1) is 11.3. The highest BCUT2D eigenvalue weighted by atomic mass is 16.5. The molecule has 0 atom stereocenters. The highest BCUT2D eigenvalue weighted by Crippen LogP contribution is 2.19. The lowest BCUT2D eigenvalue weighted by Crippen LogP contribution is -2.35. The van der Waals surface area contributed by atoms with Crippen molar-refractivity contribution in [3.8, 4) is 5.88 Å². The second-order valence-electron chi connectivity index (χ2n) is 5.08. The van der Waals surface area contributed by atoms with Crippen LogP contribution >= 0.6 is 0 Å². The summed E-state index contributed by atoms with van der Waals surface area (Å²) in [4.78, 5) is 22.3. The molecule has 0 aromatic carbocycles. The van der Waals surface area contributed by atoms with Crippen LogP contribution in [0.25, 0.3) is 0 Å². The zero-order valence-corrected chi connectivity index (χ0v) is 12.9. The first kappa shape index (κ1) is 15.4. The molecule has 3 rings (SSSR count). The summed E-state index contributed by atoms with van der Waals surface area (Å²) in [7, 11) is 0. The van der Waals surface area contributed by atoms with E-state index in [0.717, 1.165) is 5.56 Å². The average molecular weight is 318 g/mol. The third kappa shape index (κ3) is 3.84. The second-order valence-corrected chi connectivity index (χ2v) is 5.08. The number of aryl methyl sites for hydroxylation is 1. The second kappa shape index (κ2) is 7.19. The number of hydrogen-bond acceptors (Lipinski definition) is 7. The molecular weight excluding hydrogens is 300 g/mol. The quantitative estimate of drug-likeness (QED) is 0.811. The van der Waals surface area contributed by atoms with Gasteiger partial charge in [0.1, 0.15) is 19.8 Å². The van der Waals surface area contributed by atoms with Crippen LogP contribution in [-0.4, -0.2) is 45.7 Å². The number of carbonyl (C=O) groups excluding carboxylic acids is 1. The summed E-state index contributed by atoms with van der Waals surface area (Å²) in [5, 5.41) is 3.77. The molecule has 0 spiro atoms. The Morgan fingerprint density at radius 3 is 3.22 bits per heavy atom. The molecule has 1 amide bonds. The lowest BCUT2D eigenvalue weighted by Gasteiger charge is -2.19. The van der Waals surface area contributed by atoms with E-state index in [1.165, 1.54) is 0 Å². The number of nitrogens with zero attached hydrogens (tertiary/aromatic N) is 4. The number of aromatic nitrogens is 3. The largest absolute Gasteiger partial charge is 0.476 e. The Labute approximate surface area is 133 Å². The molecule has 1 aliphatic heterocycles. The van der Waals surface area contributed by atoms with Crippen LogP contribution in [0.2, 0.25) is 0 Å². The van der Waals surface area contributed by atoms with E-state index >= 15 is 0 Å². The monoisotopic (exact) mass is 318 g/mol. The summed E-state index contributed by atoms with van der Waals surface area (Å²) in [6, 6.07) is 3.73. The summed E-state index contributed by atoms with van der Waals surface area (Å²) in [6.07, 6.45) is 2.37. The van der Waals surface area contributed by atoms with Gasteiger partial charge >= 0.3 is 0 Å². The Balaban J connectivity index is 1.52. The van der Waals surface area contributed by atoms with E-state index in [1.807, 2.05) is 19.1 Å². The minimum atomic E-state index is -0.111. The molecule has 23 heavy (non-hydrogen) atoms. The molecule has 8 heteroatoms. The summed E-state index contributed by atoms with van der Waals surface area (Å²) in [5.74, 6) is 1.48. The standard InChI is InChI=1S/C15H18N4O4/c1-2-12-17-13(23-18-12)9-21-10-14(20)19-6-7-22-15-11(8-19)4-3-5-16-15/h3-5H,2,6-10H2,1H3. The van der Waals surface area contributed by atoms with Gasteiger partial charge in [-0.1, -0.05) is 18.1 Å². The topological polar surface area (TPSA) is 90.6 Å². The highest BCUT2D eigenvalue weighted by Gasteiger charge is 2.20. The Bertz CT molecular complexity index is 673. The van der Waals surface area contributed by atoms with Gasteiger partial charge in [0, 0.05) is 18.2 Å². The number of hydrogen-bond donors (Lipinski definition) is 0. The van der Waals surface area contributed by atoms with Crippen molar-refractivity contribution < 1.29 is 18.8 Å². The maximum Gasteiger partial charge on any atom is 0.252 e. The average Bonchev–Trinajstić information content (AvgIpc) is 2.92. The van der Waals surface area contributed by atoms with Crippen molar-refractivity contribution in [3.05, 3.63) is 35.6 Å². The van der Waals surface area contributed by atoms with Crippen LogP contribution in [0.5, 0.6) is 5.88 Å². The van der Waals surface area contributed by atoms with Gasteiger partial charge in [0.05, 0.1) is 13.1 Å². The van der Waals surface area contributed by atoms with Gasteiger partial charge in [-0.2, -0.15) is 4.98 Å². The molecule has 0 saturated heterocycles. The minimum absolute atomic E-state index is 0.0422. The van der Waals surface area contributed by atoms with Crippen molar-refractivity contribution in [1.82, 2.24) is 20.0 Å². The Kier molecular flexibility index (Phi) is 4.82. The fourth-order valence-corrected chi connectivity index (χ4v) is 2.23. The zero-order valence-electron chi connectivity index (χ0n) is 12.9. The number of ether oxygens (including phenoxy) is 2. The fraction of sp³-hybridized carbons (Fsp3) is 0.467. The zero-order chi connectivity index (χ0) is 16.1. The Hall–Kier alpha value is -2.48. The maximum absolute atomic E-state index is 12.3. The third-order valence-corrected chi connectivity index (χ3v) is 3.44. The summed E-state index contributed by atoms with van der Waals surface area (Å²) >= 11 is 0. The van der Waals surface area contributed by atoms with Gasteiger partial charge in [-0.25, -0.2) is 4.98 Å². The minimum Gasteiger partial charge on any atom is -0.476 e. The highest BCUT2D eigenvalue weighted by molar-refractivity contribution is 5.77. The van der Waals surface area contributed by atoms with Crippen molar-refractivity contribution in [2.24, 2.45) is 0 Å². The van der Waals surface area contributed by atoms with Crippen molar-refractivity contribution in [2.45, 2.75) is 26.5 Å². The molecule has 2 aromatic heterocycles. The molecule has 2 aromatic rings. The number of fused-ring (bicyclic) bond motifs is 1. The molecule has 0 saturated carbocycles. The van der Waals surface area contributed by atoms with Crippen LogP contribution in [0.4, 0.5) is 0 Å². The Morgan fingerprint density at radius 2 is 2.39 bits per heavy atom. The molecular formula is C15H18N4O4. The van der Waals surface area contributed by atoms with Crippen LogP contribution in [0, 0.1) is 0 Å². The van der Waals surface area contributed by atoms with E-state index < -0.39 is 0 Å². The molecule has 8 nitrogen and oxygen atoms in total. The predicted molar refractivity (Wildman–Crippen MR) is 78.5 cm³/mol. The first-order valence-corrected chi connectivity index (χ1v) is 7.50. The summed E-state index contributed by atoms with van der Waals surface area (Å²) in [6.45, 7) is 3.40. The molecule has 3 heterocycles. The maximum atomic E-state index is 12.3. The SMILES string of the molecule is CCc1noc(COCC(=O)N2CCOc3ncccc3C2)n1. The molecule has 1 aliphatic rings. The van der Waals surface area contributed by atoms with Crippen molar-refractivity contribution in [2.75, 3.05) is 19.8 Å². The molecule has 0 N–H and O–H groups in total. The molecule has 122 valence electrons. The van der Waals surface area contributed by atoms with Gasteiger partial charge in [-0.05, 0) is 6.07 Å². The van der Waals surface area contributed by atoms with Gasteiger partial charge in [0.2, 0.25) is 11.8 Å². The van der Waals surface area contributed by atoms with E-state index in [9.17, 15) is 4.79 Å². The van der Waals surface area contributed by atoms with Gasteiger partial charge < -0.3 is 18.9 Å². The Morgan fingerprint density at radius 1 is 1.48 bits per heavy atom. The van der Waals surface area contributed by atoms with Crippen LogP contribution in [0.3, 0.4) is 0 Å². The van der Waals surface area contributed by atoms with E-state index in [0.29, 0.717) is 43.7 Å². The van der Waals surface area contributed by atoms with Crippen LogP contribution in [0.1, 0.15) is 24.2 Å². The molecule has 0 fully saturated rings. The molecule has 0 bridgehead atoms. The van der Waals surface area contributed by atoms with Crippen molar-refractivity contribution in [3.63, 3.8) is 0 Å².